The Morgan fingerprint density at radius 2 is 1.97 bits per heavy atom. The van der Waals surface area contributed by atoms with E-state index in [4.69, 9.17) is 17.3 Å². The molecule has 3 rings (SSSR count). The number of hydrogen-bond donors (Lipinski definition) is 4. The molecule has 7 nitrogen and oxygen atoms in total. The van der Waals surface area contributed by atoms with E-state index >= 15 is 0 Å². The molecule has 0 atom stereocenters. The van der Waals surface area contributed by atoms with E-state index in [1.165, 1.54) is 12.1 Å². The predicted octanol–water partition coefficient (Wildman–Crippen LogP) is 4.10. The first-order chi connectivity index (χ1) is 15.2. The number of carbonyl (C=O) groups is 1. The molecule has 0 spiro atoms. The molecule has 0 bridgehead atoms. The standard InChI is InChI=1S/C22H28ClFN4O3S/c23-18-13-16(26-20-11-7-2-1-6-10-19(20)25)12-17(21(18)24)22(29)27-28-32(30,31)14-15-8-4-3-5-9-15/h1,7,12-13,15,26,28H,3-6,8-11,14,25H2,(H,27,29)/b20-19+. The van der Waals surface area contributed by atoms with Crippen LogP contribution in [-0.4, -0.2) is 20.1 Å². The van der Waals surface area contributed by atoms with Crippen molar-refractivity contribution in [3.05, 3.63) is 57.8 Å². The number of hydrogen-bond acceptors (Lipinski definition) is 5. The summed E-state index contributed by atoms with van der Waals surface area (Å²) in [5.41, 5.74) is 12.6. The lowest BCUT2D eigenvalue weighted by Gasteiger charge is -2.21. The summed E-state index contributed by atoms with van der Waals surface area (Å²) in [6.07, 6.45) is 10.4. The van der Waals surface area contributed by atoms with Gasteiger partial charge in [-0.05, 0) is 55.9 Å². The van der Waals surface area contributed by atoms with Crippen molar-refractivity contribution in [1.29, 1.82) is 0 Å². The van der Waals surface area contributed by atoms with Gasteiger partial charge in [-0.2, -0.15) is 0 Å². The molecule has 0 unspecified atom stereocenters. The Labute approximate surface area is 193 Å². The van der Waals surface area contributed by atoms with Crippen molar-refractivity contribution in [1.82, 2.24) is 10.3 Å². The third kappa shape index (κ3) is 6.84. The number of nitrogens with one attached hydrogen (secondary N) is 3. The second kappa shape index (κ2) is 11.0. The zero-order valence-electron chi connectivity index (χ0n) is 17.7. The SMILES string of the molecule is N/C1=C(/Nc2cc(Cl)c(F)c(C(=O)NNS(=O)(=O)CC3CCCCC3)c2)CC=C=CCC1. The highest BCUT2D eigenvalue weighted by Gasteiger charge is 2.23. The van der Waals surface area contributed by atoms with Crippen LogP contribution < -0.4 is 21.3 Å². The maximum Gasteiger partial charge on any atom is 0.269 e. The monoisotopic (exact) mass is 482 g/mol. The fourth-order valence-electron chi connectivity index (χ4n) is 3.87. The highest BCUT2D eigenvalue weighted by atomic mass is 35.5. The smallest absolute Gasteiger partial charge is 0.269 e. The van der Waals surface area contributed by atoms with Gasteiger partial charge in [-0.25, -0.2) is 12.8 Å². The van der Waals surface area contributed by atoms with Crippen molar-refractivity contribution in [2.75, 3.05) is 11.1 Å². The summed E-state index contributed by atoms with van der Waals surface area (Å²) in [7, 11) is -3.75. The average molecular weight is 483 g/mol. The van der Waals surface area contributed by atoms with E-state index in [1.807, 2.05) is 12.2 Å². The first-order valence-electron chi connectivity index (χ1n) is 10.7. The second-order valence-corrected chi connectivity index (χ2v) is 10.3. The molecule has 0 aromatic heterocycles. The van der Waals surface area contributed by atoms with Gasteiger partial charge in [0.2, 0.25) is 10.0 Å². The van der Waals surface area contributed by atoms with Gasteiger partial charge in [0.15, 0.2) is 5.82 Å². The summed E-state index contributed by atoms with van der Waals surface area (Å²) in [5, 5.41) is 2.82. The molecule has 0 heterocycles. The number of carbonyl (C=O) groups excluding carboxylic acids is 1. The first kappa shape index (κ1) is 24.3. The molecule has 1 aromatic rings. The normalized spacial score (nSPS) is 19.9. The summed E-state index contributed by atoms with van der Waals surface area (Å²) >= 11 is 5.99. The summed E-state index contributed by atoms with van der Waals surface area (Å²) in [5.74, 6) is -1.90. The van der Waals surface area contributed by atoms with E-state index in [-0.39, 0.29) is 22.3 Å². The van der Waals surface area contributed by atoms with Crippen LogP contribution in [0, 0.1) is 11.7 Å². The van der Waals surface area contributed by atoms with Crippen LogP contribution in [0.1, 0.15) is 61.7 Å². The third-order valence-electron chi connectivity index (χ3n) is 5.56. The quantitative estimate of drug-likeness (QED) is 0.345. The molecule has 1 amide bonds. The molecule has 0 saturated heterocycles. The van der Waals surface area contributed by atoms with E-state index in [2.05, 4.69) is 21.3 Å². The Kier molecular flexibility index (Phi) is 8.37. The summed E-state index contributed by atoms with van der Waals surface area (Å²) in [6, 6.07) is 2.62. The summed E-state index contributed by atoms with van der Waals surface area (Å²) in [4.78, 5) is 14.6. The number of anilines is 1. The van der Waals surface area contributed by atoms with Crippen molar-refractivity contribution in [3.8, 4) is 0 Å². The Morgan fingerprint density at radius 1 is 1.22 bits per heavy atom. The lowest BCUT2D eigenvalue weighted by atomic mass is 9.91. The van der Waals surface area contributed by atoms with E-state index < -0.39 is 21.7 Å². The fourth-order valence-corrected chi connectivity index (χ4v) is 5.37. The molecule has 10 heteroatoms. The van der Waals surface area contributed by atoms with Crippen LogP contribution in [0.2, 0.25) is 5.02 Å². The van der Waals surface area contributed by atoms with E-state index in [0.29, 0.717) is 29.9 Å². The lowest BCUT2D eigenvalue weighted by Crippen LogP contribution is -2.44. The molecular weight excluding hydrogens is 455 g/mol. The third-order valence-corrected chi connectivity index (χ3v) is 7.15. The molecule has 32 heavy (non-hydrogen) atoms. The maximum atomic E-state index is 14.5. The molecule has 1 aromatic carbocycles. The minimum absolute atomic E-state index is 0.0586. The van der Waals surface area contributed by atoms with Crippen LogP contribution in [0.3, 0.4) is 0 Å². The summed E-state index contributed by atoms with van der Waals surface area (Å²) < 4.78 is 39.2. The average Bonchev–Trinajstić information content (AvgIpc) is 2.74. The van der Waals surface area contributed by atoms with Crippen molar-refractivity contribution < 1.29 is 17.6 Å². The molecule has 1 fully saturated rings. The molecular formula is C22H28ClFN4O3S. The van der Waals surface area contributed by atoms with Gasteiger partial charge in [-0.15, -0.1) is 10.6 Å². The summed E-state index contributed by atoms with van der Waals surface area (Å²) in [6.45, 7) is 0. The van der Waals surface area contributed by atoms with Gasteiger partial charge in [0.1, 0.15) is 0 Å². The van der Waals surface area contributed by atoms with E-state index in [0.717, 1.165) is 38.5 Å². The molecule has 174 valence electrons. The Morgan fingerprint density at radius 3 is 2.72 bits per heavy atom. The van der Waals surface area contributed by atoms with Crippen molar-refractivity contribution in [2.24, 2.45) is 11.7 Å². The van der Waals surface area contributed by atoms with Gasteiger partial charge in [0, 0.05) is 23.5 Å². The zero-order chi connectivity index (χ0) is 23.1. The number of benzene rings is 1. The molecule has 0 radical (unpaired) electrons. The van der Waals surface area contributed by atoms with Crippen LogP contribution in [-0.2, 0) is 10.0 Å². The van der Waals surface area contributed by atoms with Gasteiger partial charge in [-0.3, -0.25) is 10.2 Å². The zero-order valence-corrected chi connectivity index (χ0v) is 19.3. The van der Waals surface area contributed by atoms with Gasteiger partial charge in [-0.1, -0.05) is 30.9 Å². The van der Waals surface area contributed by atoms with Crippen molar-refractivity contribution >= 4 is 33.2 Å². The molecule has 5 N–H and O–H groups in total. The van der Waals surface area contributed by atoms with Crippen LogP contribution in [0.15, 0.2) is 41.4 Å². The molecule has 0 aliphatic heterocycles. The van der Waals surface area contributed by atoms with E-state index in [1.54, 1.807) is 0 Å². The minimum atomic E-state index is -3.75. The highest BCUT2D eigenvalue weighted by molar-refractivity contribution is 7.89. The number of sulfonamides is 1. The fraction of sp³-hybridized carbons (Fsp3) is 0.455. The van der Waals surface area contributed by atoms with Crippen LogP contribution in [0.5, 0.6) is 0 Å². The highest BCUT2D eigenvalue weighted by Crippen LogP contribution is 2.27. The van der Waals surface area contributed by atoms with Crippen molar-refractivity contribution in [2.45, 2.75) is 51.4 Å². The number of amides is 1. The maximum absolute atomic E-state index is 14.5. The van der Waals surface area contributed by atoms with E-state index in [9.17, 15) is 17.6 Å². The largest absolute Gasteiger partial charge is 0.401 e. The first-order valence-corrected chi connectivity index (χ1v) is 12.7. The number of nitrogens with two attached hydrogens (primary N) is 1. The van der Waals surface area contributed by atoms with Gasteiger partial charge in [0.25, 0.3) is 5.91 Å². The van der Waals surface area contributed by atoms with Crippen LogP contribution in [0.25, 0.3) is 0 Å². The molecule has 1 saturated carbocycles. The number of allylic oxidation sites excluding steroid dienone is 2. The predicted molar refractivity (Wildman–Crippen MR) is 124 cm³/mol. The molecule has 2 aliphatic rings. The van der Waals surface area contributed by atoms with Crippen LogP contribution >= 0.6 is 11.6 Å². The van der Waals surface area contributed by atoms with Gasteiger partial charge in [0.05, 0.1) is 16.3 Å². The lowest BCUT2D eigenvalue weighted by molar-refractivity contribution is 0.0941. The topological polar surface area (TPSA) is 113 Å². The minimum Gasteiger partial charge on any atom is -0.401 e. The number of hydrazine groups is 1. The van der Waals surface area contributed by atoms with Crippen molar-refractivity contribution in [3.63, 3.8) is 0 Å². The Hall–Kier alpha value is -2.32. The molecule has 2 aliphatic carbocycles. The van der Waals surface area contributed by atoms with Gasteiger partial charge >= 0.3 is 0 Å². The Balaban J connectivity index is 1.70. The second-order valence-electron chi connectivity index (χ2n) is 8.11. The number of halogens is 2. The number of rotatable bonds is 7. The van der Waals surface area contributed by atoms with Crippen LogP contribution in [0.4, 0.5) is 10.1 Å². The van der Waals surface area contributed by atoms with Gasteiger partial charge < -0.3 is 11.1 Å². The Bertz CT molecular complexity index is 1060.